The highest BCUT2D eigenvalue weighted by atomic mass is 16.6. The largest absolute Gasteiger partial charge is 0.445 e. The van der Waals surface area contributed by atoms with Crippen molar-refractivity contribution in [2.75, 3.05) is 6.54 Å². The molecule has 22 heavy (non-hydrogen) atoms. The molecule has 0 fully saturated rings. The fourth-order valence-electron chi connectivity index (χ4n) is 2.66. The monoisotopic (exact) mass is 293 g/mol. The first-order chi connectivity index (χ1) is 10.8. The molecule has 0 N–H and O–H groups in total. The Hall–Kier alpha value is -2.55. The van der Waals surface area contributed by atoms with Crippen LogP contribution in [0.1, 0.15) is 23.6 Å². The smallest absolute Gasteiger partial charge is 0.410 e. The number of hydrogen-bond donors (Lipinski definition) is 0. The van der Waals surface area contributed by atoms with Gasteiger partial charge in [0.15, 0.2) is 0 Å². The maximum atomic E-state index is 12.4. The highest BCUT2D eigenvalue weighted by molar-refractivity contribution is 5.69. The number of rotatable bonds is 3. The van der Waals surface area contributed by atoms with E-state index in [1.807, 2.05) is 54.6 Å². The van der Waals surface area contributed by atoms with Crippen molar-refractivity contribution in [2.45, 2.75) is 19.1 Å². The van der Waals surface area contributed by atoms with Gasteiger partial charge in [-0.1, -0.05) is 72.8 Å². The lowest BCUT2D eigenvalue weighted by atomic mass is 10.00. The van der Waals surface area contributed by atoms with Crippen molar-refractivity contribution in [3.8, 4) is 0 Å². The molecule has 1 heterocycles. The molecule has 0 bridgehead atoms. The lowest BCUT2D eigenvalue weighted by Gasteiger charge is -2.32. The summed E-state index contributed by atoms with van der Waals surface area (Å²) in [7, 11) is 0. The Morgan fingerprint density at radius 1 is 1.00 bits per heavy atom. The average molecular weight is 293 g/mol. The Bertz CT molecular complexity index is 637. The van der Waals surface area contributed by atoms with Gasteiger partial charge in [0.05, 0.1) is 6.04 Å². The van der Waals surface area contributed by atoms with Crippen molar-refractivity contribution in [3.05, 3.63) is 83.9 Å². The van der Waals surface area contributed by atoms with Crippen molar-refractivity contribution in [2.24, 2.45) is 0 Å². The van der Waals surface area contributed by atoms with Crippen LogP contribution in [0.4, 0.5) is 4.79 Å². The Kier molecular flexibility index (Phi) is 4.54. The van der Waals surface area contributed by atoms with E-state index < -0.39 is 0 Å². The number of amides is 1. The zero-order valence-corrected chi connectivity index (χ0v) is 12.4. The molecule has 0 saturated heterocycles. The van der Waals surface area contributed by atoms with Gasteiger partial charge in [0.1, 0.15) is 6.61 Å². The molecule has 0 spiro atoms. The number of ether oxygens (including phenoxy) is 1. The molecule has 0 radical (unpaired) electrons. The summed E-state index contributed by atoms with van der Waals surface area (Å²) >= 11 is 0. The third kappa shape index (κ3) is 3.37. The molecule has 1 amide bonds. The van der Waals surface area contributed by atoms with E-state index in [0.29, 0.717) is 13.2 Å². The van der Waals surface area contributed by atoms with Crippen molar-refractivity contribution >= 4 is 6.09 Å². The summed E-state index contributed by atoms with van der Waals surface area (Å²) in [6, 6.07) is 19.9. The third-order valence-corrected chi connectivity index (χ3v) is 3.83. The maximum absolute atomic E-state index is 12.4. The van der Waals surface area contributed by atoms with E-state index in [1.165, 1.54) is 0 Å². The normalized spacial score (nSPS) is 17.3. The van der Waals surface area contributed by atoms with Crippen molar-refractivity contribution in [1.82, 2.24) is 4.90 Å². The van der Waals surface area contributed by atoms with Crippen LogP contribution in [0.2, 0.25) is 0 Å². The van der Waals surface area contributed by atoms with Gasteiger partial charge < -0.3 is 4.74 Å². The zero-order valence-electron chi connectivity index (χ0n) is 12.4. The van der Waals surface area contributed by atoms with Crippen LogP contribution < -0.4 is 0 Å². The lowest BCUT2D eigenvalue weighted by molar-refractivity contribution is 0.0832. The van der Waals surface area contributed by atoms with E-state index in [9.17, 15) is 4.79 Å². The second-order valence-corrected chi connectivity index (χ2v) is 5.33. The Balaban J connectivity index is 1.68. The molecule has 1 aliphatic rings. The van der Waals surface area contributed by atoms with Crippen molar-refractivity contribution in [1.29, 1.82) is 0 Å². The highest BCUT2D eigenvalue weighted by Crippen LogP contribution is 2.28. The van der Waals surface area contributed by atoms with Crippen LogP contribution in [0.25, 0.3) is 0 Å². The van der Waals surface area contributed by atoms with Crippen LogP contribution in [-0.4, -0.2) is 17.5 Å². The molecule has 0 saturated carbocycles. The molecular weight excluding hydrogens is 274 g/mol. The number of nitrogens with zero attached hydrogens (tertiary/aromatic N) is 1. The standard InChI is InChI=1S/C19H19NO2/c21-19(22-15-16-9-3-1-4-10-16)20-14-8-7-13-18(20)17-11-5-2-6-12-17/h1-12,18H,13-15H2/t18-/m1/s1. The van der Waals surface area contributed by atoms with E-state index in [1.54, 1.807) is 4.90 Å². The quantitative estimate of drug-likeness (QED) is 0.788. The van der Waals surface area contributed by atoms with Gasteiger partial charge in [-0.25, -0.2) is 4.79 Å². The SMILES string of the molecule is O=C(OCc1ccccc1)N1CC=CC[C@@H]1c1ccccc1. The first-order valence-corrected chi connectivity index (χ1v) is 7.52. The molecular formula is C19H19NO2. The van der Waals surface area contributed by atoms with Crippen molar-refractivity contribution in [3.63, 3.8) is 0 Å². The molecule has 3 rings (SSSR count). The minimum atomic E-state index is -0.262. The fraction of sp³-hybridized carbons (Fsp3) is 0.211. The van der Waals surface area contributed by atoms with Crippen LogP contribution in [0, 0.1) is 0 Å². The number of carbonyl (C=O) groups excluding carboxylic acids is 1. The number of benzene rings is 2. The summed E-state index contributed by atoms with van der Waals surface area (Å²) in [5, 5.41) is 0. The van der Waals surface area contributed by atoms with Gasteiger partial charge in [-0.3, -0.25) is 4.90 Å². The summed E-state index contributed by atoms with van der Waals surface area (Å²) in [4.78, 5) is 14.2. The molecule has 3 heteroatoms. The van der Waals surface area contributed by atoms with E-state index in [-0.39, 0.29) is 12.1 Å². The van der Waals surface area contributed by atoms with Gasteiger partial charge in [0.25, 0.3) is 0 Å². The van der Waals surface area contributed by atoms with Gasteiger partial charge in [0, 0.05) is 6.54 Å². The molecule has 2 aromatic carbocycles. The van der Waals surface area contributed by atoms with Crippen LogP contribution in [-0.2, 0) is 11.3 Å². The van der Waals surface area contributed by atoms with E-state index in [2.05, 4.69) is 18.2 Å². The molecule has 1 atom stereocenters. The summed E-state index contributed by atoms with van der Waals surface area (Å²) in [6.45, 7) is 0.897. The van der Waals surface area contributed by atoms with E-state index in [0.717, 1.165) is 17.5 Å². The first-order valence-electron chi connectivity index (χ1n) is 7.52. The Morgan fingerprint density at radius 3 is 2.41 bits per heavy atom. The third-order valence-electron chi connectivity index (χ3n) is 3.83. The second kappa shape index (κ2) is 6.94. The lowest BCUT2D eigenvalue weighted by Crippen LogP contribution is -2.37. The van der Waals surface area contributed by atoms with Crippen LogP contribution in [0.5, 0.6) is 0 Å². The fourth-order valence-corrected chi connectivity index (χ4v) is 2.66. The first kappa shape index (κ1) is 14.4. The van der Waals surface area contributed by atoms with Crippen LogP contribution in [0.15, 0.2) is 72.8 Å². The Labute approximate surface area is 130 Å². The summed E-state index contributed by atoms with van der Waals surface area (Å²) in [5.74, 6) is 0. The molecule has 0 unspecified atom stereocenters. The highest BCUT2D eigenvalue weighted by Gasteiger charge is 2.26. The second-order valence-electron chi connectivity index (χ2n) is 5.33. The van der Waals surface area contributed by atoms with E-state index >= 15 is 0 Å². The average Bonchev–Trinajstić information content (AvgIpc) is 2.61. The molecule has 2 aromatic rings. The van der Waals surface area contributed by atoms with E-state index in [4.69, 9.17) is 4.74 Å². The molecule has 0 aliphatic carbocycles. The molecule has 1 aliphatic heterocycles. The van der Waals surface area contributed by atoms with Gasteiger partial charge in [-0.15, -0.1) is 0 Å². The minimum Gasteiger partial charge on any atom is -0.445 e. The predicted molar refractivity (Wildman–Crippen MR) is 86.3 cm³/mol. The number of hydrogen-bond acceptors (Lipinski definition) is 2. The van der Waals surface area contributed by atoms with Gasteiger partial charge >= 0.3 is 6.09 Å². The van der Waals surface area contributed by atoms with Crippen LogP contribution in [0.3, 0.4) is 0 Å². The molecule has 3 nitrogen and oxygen atoms in total. The van der Waals surface area contributed by atoms with Gasteiger partial charge in [0.2, 0.25) is 0 Å². The van der Waals surface area contributed by atoms with Gasteiger partial charge in [-0.2, -0.15) is 0 Å². The topological polar surface area (TPSA) is 29.5 Å². The molecule has 0 aromatic heterocycles. The minimum absolute atomic E-state index is 0.0504. The summed E-state index contributed by atoms with van der Waals surface area (Å²) in [5.41, 5.74) is 2.14. The molecule has 112 valence electrons. The maximum Gasteiger partial charge on any atom is 0.410 e. The van der Waals surface area contributed by atoms with Crippen molar-refractivity contribution < 1.29 is 9.53 Å². The number of carbonyl (C=O) groups is 1. The van der Waals surface area contributed by atoms with Crippen LogP contribution >= 0.6 is 0 Å². The predicted octanol–water partition coefficient (Wildman–Crippen LogP) is 4.33. The summed E-state index contributed by atoms with van der Waals surface area (Å²) < 4.78 is 5.47. The van der Waals surface area contributed by atoms with Gasteiger partial charge in [-0.05, 0) is 17.5 Å². The summed E-state index contributed by atoms with van der Waals surface area (Å²) in [6.07, 6.45) is 4.70. The zero-order chi connectivity index (χ0) is 15.2. The Morgan fingerprint density at radius 2 is 1.68 bits per heavy atom.